The van der Waals surface area contributed by atoms with Gasteiger partial charge in [-0.25, -0.2) is 0 Å². The predicted octanol–water partition coefficient (Wildman–Crippen LogP) is 3.09. The molecule has 2 atom stereocenters. The zero-order chi connectivity index (χ0) is 16.8. The van der Waals surface area contributed by atoms with Crippen LogP contribution in [0.5, 0.6) is 0 Å². The Hall–Kier alpha value is -1.68. The van der Waals surface area contributed by atoms with E-state index in [0.717, 1.165) is 44.0 Å². The van der Waals surface area contributed by atoms with Gasteiger partial charge in [-0.1, -0.05) is 67.6 Å². The quantitative estimate of drug-likeness (QED) is 0.886. The second-order valence-electron chi connectivity index (χ2n) is 6.77. The van der Waals surface area contributed by atoms with E-state index in [0.29, 0.717) is 6.42 Å². The zero-order valence-electron chi connectivity index (χ0n) is 14.4. The molecule has 3 rings (SSSR count). The van der Waals surface area contributed by atoms with Gasteiger partial charge in [0.15, 0.2) is 0 Å². The van der Waals surface area contributed by atoms with Crippen LogP contribution < -0.4 is 0 Å². The molecule has 0 bridgehead atoms. The van der Waals surface area contributed by atoms with Crippen LogP contribution in [-0.2, 0) is 16.8 Å². The standard InChI is InChI=1S/C21H27NO2/c1-18(17-22-12-14-24-15-13-22)21(23,20-10-6-3-7-11-20)16-19-8-4-2-5-9-19/h2-11,18,23H,12-17H2,1H3. The van der Waals surface area contributed by atoms with E-state index in [-0.39, 0.29) is 5.92 Å². The van der Waals surface area contributed by atoms with Crippen molar-refractivity contribution in [1.82, 2.24) is 4.90 Å². The lowest BCUT2D eigenvalue weighted by Gasteiger charge is -2.39. The third kappa shape index (κ3) is 4.04. The molecule has 0 saturated carbocycles. The van der Waals surface area contributed by atoms with Crippen molar-refractivity contribution in [3.05, 3.63) is 71.8 Å². The van der Waals surface area contributed by atoms with E-state index < -0.39 is 5.60 Å². The normalized spacial score (nSPS) is 19.6. The van der Waals surface area contributed by atoms with Crippen molar-refractivity contribution in [2.45, 2.75) is 18.9 Å². The maximum atomic E-state index is 11.7. The van der Waals surface area contributed by atoms with Crippen molar-refractivity contribution in [3.8, 4) is 0 Å². The Labute approximate surface area is 144 Å². The molecule has 1 heterocycles. The summed E-state index contributed by atoms with van der Waals surface area (Å²) in [6.07, 6.45) is 0.628. The highest BCUT2D eigenvalue weighted by atomic mass is 16.5. The van der Waals surface area contributed by atoms with Gasteiger partial charge >= 0.3 is 0 Å². The maximum Gasteiger partial charge on any atom is 0.0974 e. The van der Waals surface area contributed by atoms with Crippen LogP contribution in [0.2, 0.25) is 0 Å². The fraction of sp³-hybridized carbons (Fsp3) is 0.429. The first kappa shape index (κ1) is 17.2. The Morgan fingerprint density at radius 1 is 1.00 bits per heavy atom. The van der Waals surface area contributed by atoms with Gasteiger partial charge in [0.05, 0.1) is 18.8 Å². The summed E-state index contributed by atoms with van der Waals surface area (Å²) in [7, 11) is 0. The molecule has 0 amide bonds. The van der Waals surface area contributed by atoms with Gasteiger partial charge < -0.3 is 9.84 Å². The molecule has 1 aliphatic heterocycles. The van der Waals surface area contributed by atoms with Gasteiger partial charge in [-0.2, -0.15) is 0 Å². The third-order valence-electron chi connectivity index (χ3n) is 5.04. The van der Waals surface area contributed by atoms with Crippen LogP contribution >= 0.6 is 0 Å². The molecule has 3 nitrogen and oxygen atoms in total. The molecule has 2 unspecified atom stereocenters. The third-order valence-corrected chi connectivity index (χ3v) is 5.04. The number of aliphatic hydroxyl groups is 1. The molecule has 1 saturated heterocycles. The number of hydrogen-bond donors (Lipinski definition) is 1. The minimum atomic E-state index is -0.874. The Kier molecular flexibility index (Phi) is 5.67. The highest BCUT2D eigenvalue weighted by Gasteiger charge is 2.36. The number of benzene rings is 2. The molecule has 0 aromatic heterocycles. The average molecular weight is 325 g/mol. The summed E-state index contributed by atoms with van der Waals surface area (Å²) in [4.78, 5) is 2.40. The molecule has 128 valence electrons. The number of ether oxygens (including phenoxy) is 1. The summed E-state index contributed by atoms with van der Waals surface area (Å²) >= 11 is 0. The Bertz CT molecular complexity index is 610. The smallest absolute Gasteiger partial charge is 0.0974 e. The van der Waals surface area contributed by atoms with Gasteiger partial charge in [-0.15, -0.1) is 0 Å². The lowest BCUT2D eigenvalue weighted by Crippen LogP contribution is -2.46. The Morgan fingerprint density at radius 2 is 1.58 bits per heavy atom. The largest absolute Gasteiger partial charge is 0.384 e. The molecule has 3 heteroatoms. The molecule has 1 N–H and O–H groups in total. The van der Waals surface area contributed by atoms with Gasteiger partial charge in [0, 0.05) is 32.0 Å². The highest BCUT2D eigenvalue weighted by Crippen LogP contribution is 2.34. The summed E-state index contributed by atoms with van der Waals surface area (Å²) in [5.74, 6) is 0.123. The molecule has 2 aromatic rings. The summed E-state index contributed by atoms with van der Waals surface area (Å²) in [5.41, 5.74) is 1.29. The van der Waals surface area contributed by atoms with Crippen LogP contribution in [0.15, 0.2) is 60.7 Å². The topological polar surface area (TPSA) is 32.7 Å². The monoisotopic (exact) mass is 325 g/mol. The zero-order valence-corrected chi connectivity index (χ0v) is 14.4. The van der Waals surface area contributed by atoms with Crippen LogP contribution in [0.4, 0.5) is 0 Å². The van der Waals surface area contributed by atoms with Gasteiger partial charge in [-0.05, 0) is 11.1 Å². The van der Waals surface area contributed by atoms with E-state index in [1.807, 2.05) is 48.5 Å². The average Bonchev–Trinajstić information content (AvgIpc) is 2.64. The molecule has 0 radical (unpaired) electrons. The van der Waals surface area contributed by atoms with Crippen LogP contribution in [0.1, 0.15) is 18.1 Å². The maximum absolute atomic E-state index is 11.7. The molecular weight excluding hydrogens is 298 g/mol. The summed E-state index contributed by atoms with van der Waals surface area (Å²) < 4.78 is 5.44. The number of morpholine rings is 1. The summed E-state index contributed by atoms with van der Waals surface area (Å²) in [5, 5.41) is 11.7. The summed E-state index contributed by atoms with van der Waals surface area (Å²) in [6, 6.07) is 20.4. The summed E-state index contributed by atoms with van der Waals surface area (Å²) in [6.45, 7) is 6.50. The molecule has 1 fully saturated rings. The first-order valence-electron chi connectivity index (χ1n) is 8.80. The Balaban J connectivity index is 1.83. The molecular formula is C21H27NO2. The van der Waals surface area contributed by atoms with Gasteiger partial charge in [0.1, 0.15) is 0 Å². The van der Waals surface area contributed by atoms with Crippen molar-refractivity contribution in [2.24, 2.45) is 5.92 Å². The minimum Gasteiger partial charge on any atom is -0.384 e. The molecule has 1 aliphatic rings. The number of hydrogen-bond acceptors (Lipinski definition) is 3. The second-order valence-corrected chi connectivity index (χ2v) is 6.77. The van der Waals surface area contributed by atoms with Gasteiger partial charge in [0.2, 0.25) is 0 Å². The molecule has 0 aliphatic carbocycles. The fourth-order valence-electron chi connectivity index (χ4n) is 3.52. The van der Waals surface area contributed by atoms with Crippen LogP contribution in [0.25, 0.3) is 0 Å². The van der Waals surface area contributed by atoms with E-state index >= 15 is 0 Å². The van der Waals surface area contributed by atoms with E-state index in [2.05, 4.69) is 24.0 Å². The van der Waals surface area contributed by atoms with Crippen molar-refractivity contribution in [1.29, 1.82) is 0 Å². The SMILES string of the molecule is CC(CN1CCOCC1)C(O)(Cc1ccccc1)c1ccccc1. The van der Waals surface area contributed by atoms with E-state index in [4.69, 9.17) is 4.74 Å². The second kappa shape index (κ2) is 7.93. The molecule has 0 spiro atoms. The van der Waals surface area contributed by atoms with E-state index in [9.17, 15) is 5.11 Å². The predicted molar refractivity (Wildman–Crippen MR) is 96.9 cm³/mol. The van der Waals surface area contributed by atoms with Crippen molar-refractivity contribution in [3.63, 3.8) is 0 Å². The van der Waals surface area contributed by atoms with Gasteiger partial charge in [-0.3, -0.25) is 4.90 Å². The highest BCUT2D eigenvalue weighted by molar-refractivity contribution is 5.27. The Morgan fingerprint density at radius 3 is 2.21 bits per heavy atom. The lowest BCUT2D eigenvalue weighted by molar-refractivity contribution is -0.0437. The van der Waals surface area contributed by atoms with Crippen molar-refractivity contribution >= 4 is 0 Å². The number of rotatable bonds is 6. The van der Waals surface area contributed by atoms with Crippen LogP contribution in [0.3, 0.4) is 0 Å². The molecule has 24 heavy (non-hydrogen) atoms. The van der Waals surface area contributed by atoms with Crippen LogP contribution in [0, 0.1) is 5.92 Å². The van der Waals surface area contributed by atoms with Crippen molar-refractivity contribution < 1.29 is 9.84 Å². The fourth-order valence-corrected chi connectivity index (χ4v) is 3.52. The van der Waals surface area contributed by atoms with E-state index in [1.54, 1.807) is 0 Å². The lowest BCUT2D eigenvalue weighted by atomic mass is 9.77. The van der Waals surface area contributed by atoms with Gasteiger partial charge in [0.25, 0.3) is 0 Å². The first-order chi connectivity index (χ1) is 11.7. The van der Waals surface area contributed by atoms with Crippen LogP contribution in [-0.4, -0.2) is 42.9 Å². The first-order valence-corrected chi connectivity index (χ1v) is 8.80. The molecule has 2 aromatic carbocycles. The minimum absolute atomic E-state index is 0.123. The van der Waals surface area contributed by atoms with E-state index in [1.165, 1.54) is 0 Å². The van der Waals surface area contributed by atoms with Crippen molar-refractivity contribution in [2.75, 3.05) is 32.8 Å². The number of nitrogens with zero attached hydrogens (tertiary/aromatic N) is 1.